The summed E-state index contributed by atoms with van der Waals surface area (Å²) < 4.78 is 0. The number of guanidine groups is 1. The molecule has 0 saturated carbocycles. The van der Waals surface area contributed by atoms with Crippen molar-refractivity contribution in [3.05, 3.63) is 30.3 Å². The van der Waals surface area contributed by atoms with Crippen LogP contribution in [0, 0.1) is 5.92 Å². The van der Waals surface area contributed by atoms with Crippen LogP contribution in [0.4, 0.5) is 5.69 Å². The van der Waals surface area contributed by atoms with Gasteiger partial charge in [0.25, 0.3) is 0 Å². The molecule has 4 nitrogen and oxygen atoms in total. The van der Waals surface area contributed by atoms with Gasteiger partial charge in [0.05, 0.1) is 6.54 Å². The molecule has 1 aromatic rings. The number of nitrogens with one attached hydrogen (secondary N) is 1. The molecule has 1 heterocycles. The number of piperidine rings is 1. The molecule has 0 aliphatic carbocycles. The Bertz CT molecular complexity index is 441. The molecule has 0 radical (unpaired) electrons. The Balaban J connectivity index is 0.00000242. The molecule has 1 aliphatic rings. The van der Waals surface area contributed by atoms with Crippen molar-refractivity contribution in [3.8, 4) is 0 Å². The molecule has 5 heteroatoms. The summed E-state index contributed by atoms with van der Waals surface area (Å²) in [5, 5.41) is 3.56. The molecule has 1 unspecified atom stereocenters. The smallest absolute Gasteiger partial charge is 0.191 e. The lowest BCUT2D eigenvalue weighted by Gasteiger charge is -2.28. The summed E-state index contributed by atoms with van der Waals surface area (Å²) in [7, 11) is 0. The summed E-state index contributed by atoms with van der Waals surface area (Å²) >= 11 is 0. The Kier molecular flexibility index (Phi) is 8.60. The molecule has 1 aromatic carbocycles. The molecule has 0 aromatic heterocycles. The van der Waals surface area contributed by atoms with E-state index < -0.39 is 0 Å². The molecule has 0 spiro atoms. The van der Waals surface area contributed by atoms with Crippen LogP contribution in [-0.4, -0.2) is 36.5 Å². The van der Waals surface area contributed by atoms with E-state index in [0.29, 0.717) is 17.9 Å². The van der Waals surface area contributed by atoms with Crippen LogP contribution < -0.4 is 11.1 Å². The van der Waals surface area contributed by atoms with Gasteiger partial charge in [-0.3, -0.25) is 4.99 Å². The first-order chi connectivity index (χ1) is 10.2. The maximum Gasteiger partial charge on any atom is 0.191 e. The van der Waals surface area contributed by atoms with Crippen molar-refractivity contribution in [3.63, 3.8) is 0 Å². The highest BCUT2D eigenvalue weighted by Crippen LogP contribution is 2.13. The largest absolute Gasteiger partial charge is 0.380 e. The second kappa shape index (κ2) is 9.92. The minimum absolute atomic E-state index is 0. The van der Waals surface area contributed by atoms with Crippen LogP contribution in [0.3, 0.4) is 0 Å². The zero-order valence-electron chi connectivity index (χ0n) is 13.7. The molecular formula is C17H29IN4. The number of hydrogen-bond donors (Lipinski definition) is 2. The van der Waals surface area contributed by atoms with Gasteiger partial charge in [0, 0.05) is 24.8 Å². The fraction of sp³-hybridized carbons (Fsp3) is 0.588. The van der Waals surface area contributed by atoms with Crippen LogP contribution in [0.2, 0.25) is 0 Å². The number of hydrogen-bond acceptors (Lipinski definition) is 2. The first-order valence-corrected chi connectivity index (χ1v) is 8.03. The summed E-state index contributed by atoms with van der Waals surface area (Å²) in [6.45, 7) is 7.25. The van der Waals surface area contributed by atoms with Gasteiger partial charge in [-0.25, -0.2) is 0 Å². The summed E-state index contributed by atoms with van der Waals surface area (Å²) in [6.07, 6.45) is 3.77. The molecular weight excluding hydrogens is 387 g/mol. The minimum atomic E-state index is 0. The molecule has 0 amide bonds. The van der Waals surface area contributed by atoms with Crippen molar-refractivity contribution in [2.75, 3.05) is 25.0 Å². The van der Waals surface area contributed by atoms with E-state index in [4.69, 9.17) is 5.73 Å². The molecule has 1 fully saturated rings. The predicted molar refractivity (Wildman–Crippen MR) is 106 cm³/mol. The van der Waals surface area contributed by atoms with Gasteiger partial charge in [-0.2, -0.15) is 0 Å². The van der Waals surface area contributed by atoms with E-state index in [1.807, 2.05) is 18.2 Å². The van der Waals surface area contributed by atoms with Crippen molar-refractivity contribution in [1.29, 1.82) is 0 Å². The van der Waals surface area contributed by atoms with Crippen molar-refractivity contribution >= 4 is 35.6 Å². The fourth-order valence-corrected chi connectivity index (χ4v) is 2.59. The van der Waals surface area contributed by atoms with Crippen LogP contribution >= 0.6 is 24.0 Å². The van der Waals surface area contributed by atoms with Crippen LogP contribution in [0.1, 0.15) is 33.1 Å². The standard InChI is InChI=1S/C17H28N4.HI/c1-14(2)16(20-15-9-5-3-6-10-15)13-19-17(18)21-11-7-4-8-12-21;/h3,5-6,9-10,14,16,20H,4,7-8,11-13H2,1-2H3,(H2,18,19);1H. The third kappa shape index (κ3) is 6.02. The maximum atomic E-state index is 6.14. The van der Waals surface area contributed by atoms with Gasteiger partial charge in [-0.1, -0.05) is 32.0 Å². The monoisotopic (exact) mass is 416 g/mol. The van der Waals surface area contributed by atoms with Crippen molar-refractivity contribution in [2.24, 2.45) is 16.6 Å². The Morgan fingerprint density at radius 2 is 1.82 bits per heavy atom. The molecule has 22 heavy (non-hydrogen) atoms. The SMILES string of the molecule is CC(C)C(CN=C(N)N1CCCCC1)Nc1ccccc1.I. The lowest BCUT2D eigenvalue weighted by Crippen LogP contribution is -2.41. The number of benzene rings is 1. The van der Waals surface area contributed by atoms with Gasteiger partial charge in [-0.15, -0.1) is 24.0 Å². The van der Waals surface area contributed by atoms with Crippen molar-refractivity contribution < 1.29 is 0 Å². The quantitative estimate of drug-likeness (QED) is 0.439. The molecule has 1 atom stereocenters. The highest BCUT2D eigenvalue weighted by molar-refractivity contribution is 14.0. The summed E-state index contributed by atoms with van der Waals surface area (Å²) in [5.74, 6) is 1.21. The van der Waals surface area contributed by atoms with Crippen LogP contribution in [0.25, 0.3) is 0 Å². The maximum absolute atomic E-state index is 6.14. The number of para-hydroxylation sites is 1. The second-order valence-corrected chi connectivity index (χ2v) is 6.11. The Labute approximate surface area is 151 Å². The third-order valence-electron chi connectivity index (χ3n) is 4.06. The van der Waals surface area contributed by atoms with Crippen molar-refractivity contribution in [2.45, 2.75) is 39.2 Å². The topological polar surface area (TPSA) is 53.6 Å². The summed E-state index contributed by atoms with van der Waals surface area (Å²) in [5.41, 5.74) is 7.28. The molecule has 124 valence electrons. The Morgan fingerprint density at radius 3 is 2.41 bits per heavy atom. The average Bonchev–Trinajstić information content (AvgIpc) is 2.52. The predicted octanol–water partition coefficient (Wildman–Crippen LogP) is 3.54. The number of rotatable bonds is 5. The van der Waals surface area contributed by atoms with Gasteiger partial charge >= 0.3 is 0 Å². The third-order valence-corrected chi connectivity index (χ3v) is 4.06. The highest BCUT2D eigenvalue weighted by atomic mass is 127. The first-order valence-electron chi connectivity index (χ1n) is 8.03. The number of nitrogens with zero attached hydrogens (tertiary/aromatic N) is 2. The lowest BCUT2D eigenvalue weighted by atomic mass is 10.0. The van der Waals surface area contributed by atoms with E-state index in [1.165, 1.54) is 19.3 Å². The van der Waals surface area contributed by atoms with Crippen LogP contribution in [0.5, 0.6) is 0 Å². The minimum Gasteiger partial charge on any atom is -0.380 e. The first kappa shape index (κ1) is 19.1. The zero-order valence-corrected chi connectivity index (χ0v) is 16.0. The van der Waals surface area contributed by atoms with E-state index in [2.05, 4.69) is 41.2 Å². The van der Waals surface area contributed by atoms with Crippen LogP contribution in [-0.2, 0) is 0 Å². The average molecular weight is 416 g/mol. The van der Waals surface area contributed by atoms with E-state index in [0.717, 1.165) is 25.3 Å². The van der Waals surface area contributed by atoms with E-state index >= 15 is 0 Å². The number of halogens is 1. The van der Waals surface area contributed by atoms with Crippen molar-refractivity contribution in [1.82, 2.24) is 4.90 Å². The fourth-order valence-electron chi connectivity index (χ4n) is 2.59. The van der Waals surface area contributed by atoms with Gasteiger partial charge < -0.3 is 16.0 Å². The molecule has 2 rings (SSSR count). The zero-order chi connectivity index (χ0) is 15.1. The van der Waals surface area contributed by atoms with Gasteiger partial charge in [0.2, 0.25) is 0 Å². The van der Waals surface area contributed by atoms with Gasteiger partial charge in [0.1, 0.15) is 0 Å². The number of nitrogens with two attached hydrogens (primary N) is 1. The lowest BCUT2D eigenvalue weighted by molar-refractivity contribution is 0.337. The molecule has 1 aliphatic heterocycles. The van der Waals surface area contributed by atoms with Gasteiger partial charge in [-0.05, 0) is 37.3 Å². The Morgan fingerprint density at radius 1 is 1.18 bits per heavy atom. The molecule has 0 bridgehead atoms. The highest BCUT2D eigenvalue weighted by Gasteiger charge is 2.15. The number of aliphatic imine (C=N–C) groups is 1. The Hall–Kier alpha value is -0.980. The van der Waals surface area contributed by atoms with E-state index in [1.54, 1.807) is 0 Å². The summed E-state index contributed by atoms with van der Waals surface area (Å²) in [6, 6.07) is 10.6. The van der Waals surface area contributed by atoms with E-state index in [-0.39, 0.29) is 24.0 Å². The molecule has 3 N–H and O–H groups in total. The van der Waals surface area contributed by atoms with Gasteiger partial charge in [0.15, 0.2) is 5.96 Å². The number of anilines is 1. The van der Waals surface area contributed by atoms with E-state index in [9.17, 15) is 0 Å². The second-order valence-electron chi connectivity index (χ2n) is 6.11. The summed E-state index contributed by atoms with van der Waals surface area (Å²) in [4.78, 5) is 6.84. The normalized spacial score (nSPS) is 17.0. The van der Waals surface area contributed by atoms with Crippen LogP contribution in [0.15, 0.2) is 35.3 Å². The number of likely N-dealkylation sites (tertiary alicyclic amines) is 1. The molecule has 1 saturated heterocycles.